The van der Waals surface area contributed by atoms with Gasteiger partial charge in [0.1, 0.15) is 16.6 Å². The Kier molecular flexibility index (Phi) is 8.57. The number of halogens is 3. The molecule has 0 bridgehead atoms. The third-order valence-electron chi connectivity index (χ3n) is 6.69. The molecule has 2 aliphatic rings. The van der Waals surface area contributed by atoms with E-state index in [4.69, 9.17) is 4.74 Å². The van der Waals surface area contributed by atoms with Crippen LogP contribution in [-0.4, -0.2) is 57.4 Å². The maximum atomic E-state index is 12.4. The van der Waals surface area contributed by atoms with Gasteiger partial charge in [-0.05, 0) is 62.5 Å². The molecule has 0 radical (unpaired) electrons. The molecule has 0 atom stereocenters. The fraction of sp³-hybridized carbons (Fsp3) is 0.739. The van der Waals surface area contributed by atoms with Crippen molar-refractivity contribution >= 4 is 28.7 Å². The minimum absolute atomic E-state index is 0.129. The molecule has 0 aromatic carbocycles. The topological polar surface area (TPSA) is 68.2 Å². The molecule has 11 heteroatoms. The van der Waals surface area contributed by atoms with E-state index in [0.717, 1.165) is 73.1 Å². The highest BCUT2D eigenvalue weighted by Gasteiger charge is 2.30. The molecular formula is C23H31F3N4O2S2. The molecule has 1 fully saturated rings. The molecule has 0 amide bonds. The summed E-state index contributed by atoms with van der Waals surface area (Å²) >= 11 is 2.57. The molecular weight excluding hydrogens is 485 g/mol. The first-order chi connectivity index (χ1) is 16.2. The summed E-state index contributed by atoms with van der Waals surface area (Å²) in [6.45, 7) is 3.39. The number of aryl methyl sites for hydroxylation is 1. The largest absolute Gasteiger partial charge is 0.460 e. The number of fused-ring (bicyclic) bond motifs is 1. The molecule has 1 aliphatic heterocycles. The predicted molar refractivity (Wildman–Crippen MR) is 126 cm³/mol. The Morgan fingerprint density at radius 2 is 1.85 bits per heavy atom. The Balaban J connectivity index is 1.13. The highest BCUT2D eigenvalue weighted by Crippen LogP contribution is 2.34. The second-order valence-corrected chi connectivity index (χ2v) is 11.3. The van der Waals surface area contributed by atoms with Gasteiger partial charge in [0.25, 0.3) is 5.19 Å². The molecule has 0 spiro atoms. The number of carbonyl (C=O) groups is 1. The van der Waals surface area contributed by atoms with Crippen molar-refractivity contribution in [3.63, 3.8) is 0 Å². The number of hydrogen-bond donors (Lipinski definition) is 0. The van der Waals surface area contributed by atoms with Gasteiger partial charge in [0.05, 0.1) is 12.1 Å². The second kappa shape index (κ2) is 11.4. The molecule has 4 rings (SSSR count). The lowest BCUT2D eigenvalue weighted by Crippen LogP contribution is -2.30. The van der Waals surface area contributed by atoms with Crippen molar-refractivity contribution in [1.82, 2.24) is 19.2 Å². The van der Waals surface area contributed by atoms with Gasteiger partial charge in [-0.2, -0.15) is 17.5 Å². The molecule has 0 unspecified atom stereocenters. The summed E-state index contributed by atoms with van der Waals surface area (Å²) in [6.07, 6.45) is 4.05. The number of ketones is 1. The van der Waals surface area contributed by atoms with Crippen molar-refractivity contribution in [3.05, 3.63) is 21.4 Å². The number of aromatic nitrogens is 3. The zero-order valence-corrected chi connectivity index (χ0v) is 21.0. The van der Waals surface area contributed by atoms with Gasteiger partial charge in [0.15, 0.2) is 6.61 Å². The number of carbonyl (C=O) groups excluding carboxylic acids is 1. The zero-order chi connectivity index (χ0) is 24.1. The van der Waals surface area contributed by atoms with E-state index in [1.165, 1.54) is 35.7 Å². The first kappa shape index (κ1) is 25.5. The Labute approximate surface area is 206 Å². The summed E-state index contributed by atoms with van der Waals surface area (Å²) in [5.74, 6) is 2.21. The van der Waals surface area contributed by atoms with Gasteiger partial charge >= 0.3 is 6.18 Å². The van der Waals surface area contributed by atoms with Crippen molar-refractivity contribution in [2.45, 2.75) is 70.9 Å². The second-order valence-electron chi connectivity index (χ2n) is 9.43. The average Bonchev–Trinajstić information content (AvgIpc) is 3.32. The minimum Gasteiger partial charge on any atom is -0.460 e. The molecule has 2 aromatic rings. The van der Waals surface area contributed by atoms with E-state index < -0.39 is 12.8 Å². The minimum atomic E-state index is -4.34. The van der Waals surface area contributed by atoms with Crippen LogP contribution in [0.1, 0.15) is 59.9 Å². The van der Waals surface area contributed by atoms with Crippen LogP contribution in [0.4, 0.5) is 13.2 Å². The van der Waals surface area contributed by atoms with Crippen molar-refractivity contribution in [3.8, 4) is 5.19 Å². The van der Waals surface area contributed by atoms with Crippen LogP contribution in [-0.2, 0) is 24.1 Å². The summed E-state index contributed by atoms with van der Waals surface area (Å²) in [4.78, 5) is 24.5. The monoisotopic (exact) mass is 516 g/mol. The average molecular weight is 517 g/mol. The molecule has 0 N–H and O–H groups in total. The standard InChI is InChI=1S/C23H31F3N4O2S2/c1-15-27-21(34-29-15)13-18(31)12-17-4-2-16(3-5-17)6-9-30-10-7-19-20(8-11-30)33-22(28-19)32-14-23(24,25)26/h16-17H,2-14H2,1H3. The normalized spacial score (nSPS) is 21.8. The van der Waals surface area contributed by atoms with Crippen molar-refractivity contribution in [1.29, 1.82) is 0 Å². The lowest BCUT2D eigenvalue weighted by atomic mass is 9.78. The summed E-state index contributed by atoms with van der Waals surface area (Å²) in [7, 11) is 0. The number of thiazole rings is 1. The summed E-state index contributed by atoms with van der Waals surface area (Å²) < 4.78 is 46.1. The maximum absolute atomic E-state index is 12.4. The SMILES string of the molecule is Cc1nsc(CC(=O)CC2CCC(CCN3CCc4nc(OCC(F)(F)F)sc4CC3)CC2)n1. The number of alkyl halides is 3. The van der Waals surface area contributed by atoms with E-state index in [9.17, 15) is 18.0 Å². The molecule has 188 valence electrons. The van der Waals surface area contributed by atoms with E-state index in [2.05, 4.69) is 19.2 Å². The van der Waals surface area contributed by atoms with Crippen LogP contribution in [0.15, 0.2) is 0 Å². The van der Waals surface area contributed by atoms with E-state index in [-0.39, 0.29) is 11.0 Å². The number of rotatable bonds is 9. The highest BCUT2D eigenvalue weighted by atomic mass is 32.1. The van der Waals surface area contributed by atoms with Gasteiger partial charge in [-0.1, -0.05) is 24.2 Å². The number of nitrogens with zero attached hydrogens (tertiary/aromatic N) is 4. The van der Waals surface area contributed by atoms with Crippen LogP contribution in [0.3, 0.4) is 0 Å². The van der Waals surface area contributed by atoms with Crippen LogP contribution in [0, 0.1) is 18.8 Å². The first-order valence-corrected chi connectivity index (χ1v) is 13.5. The van der Waals surface area contributed by atoms with Gasteiger partial charge in [-0.3, -0.25) is 4.79 Å². The van der Waals surface area contributed by atoms with Gasteiger partial charge in [0.2, 0.25) is 0 Å². The van der Waals surface area contributed by atoms with Crippen LogP contribution in [0.5, 0.6) is 5.19 Å². The maximum Gasteiger partial charge on any atom is 0.422 e. The molecule has 34 heavy (non-hydrogen) atoms. The molecule has 0 saturated heterocycles. The van der Waals surface area contributed by atoms with Crippen LogP contribution >= 0.6 is 22.9 Å². The van der Waals surface area contributed by atoms with Gasteiger partial charge < -0.3 is 9.64 Å². The molecule has 1 saturated carbocycles. The van der Waals surface area contributed by atoms with Crippen LogP contribution in [0.25, 0.3) is 0 Å². The smallest absolute Gasteiger partial charge is 0.422 e. The lowest BCUT2D eigenvalue weighted by molar-refractivity contribution is -0.153. The van der Waals surface area contributed by atoms with E-state index in [0.29, 0.717) is 24.7 Å². The highest BCUT2D eigenvalue weighted by molar-refractivity contribution is 7.13. The predicted octanol–water partition coefficient (Wildman–Crippen LogP) is 5.04. The summed E-state index contributed by atoms with van der Waals surface area (Å²) in [6, 6.07) is 0. The molecule has 6 nitrogen and oxygen atoms in total. The van der Waals surface area contributed by atoms with E-state index in [1.807, 2.05) is 6.92 Å². The Hall–Kier alpha value is -1.59. The van der Waals surface area contributed by atoms with Gasteiger partial charge in [-0.15, -0.1) is 0 Å². The van der Waals surface area contributed by atoms with Gasteiger partial charge in [0, 0.05) is 30.8 Å². The molecule has 3 heterocycles. The number of hydrogen-bond acceptors (Lipinski definition) is 8. The summed E-state index contributed by atoms with van der Waals surface area (Å²) in [5.41, 5.74) is 0.888. The third-order valence-corrected chi connectivity index (χ3v) is 8.56. The molecule has 1 aliphatic carbocycles. The van der Waals surface area contributed by atoms with Crippen molar-refractivity contribution in [2.24, 2.45) is 11.8 Å². The third kappa shape index (κ3) is 7.71. The Morgan fingerprint density at radius 3 is 2.56 bits per heavy atom. The first-order valence-electron chi connectivity index (χ1n) is 11.9. The Morgan fingerprint density at radius 1 is 1.12 bits per heavy atom. The lowest BCUT2D eigenvalue weighted by Gasteiger charge is -2.30. The fourth-order valence-electron chi connectivity index (χ4n) is 4.88. The molecule has 2 aromatic heterocycles. The number of Topliss-reactive ketones (excluding diaryl/α,β-unsaturated/α-hetero) is 1. The van der Waals surface area contributed by atoms with Crippen LogP contribution < -0.4 is 4.74 Å². The van der Waals surface area contributed by atoms with E-state index >= 15 is 0 Å². The van der Waals surface area contributed by atoms with Crippen molar-refractivity contribution in [2.75, 3.05) is 26.2 Å². The number of ether oxygens (including phenoxy) is 1. The van der Waals surface area contributed by atoms with Crippen LogP contribution in [0.2, 0.25) is 0 Å². The van der Waals surface area contributed by atoms with Crippen molar-refractivity contribution < 1.29 is 22.7 Å². The zero-order valence-electron chi connectivity index (χ0n) is 19.4. The fourth-order valence-corrected chi connectivity index (χ4v) is 6.50. The summed E-state index contributed by atoms with van der Waals surface area (Å²) in [5, 5.41) is 0.952. The van der Waals surface area contributed by atoms with E-state index in [1.54, 1.807) is 0 Å². The Bertz CT molecular complexity index is 929. The quantitative estimate of drug-likeness (QED) is 0.465. The van der Waals surface area contributed by atoms with Gasteiger partial charge in [-0.25, -0.2) is 9.97 Å².